The zero-order valence-corrected chi connectivity index (χ0v) is 13.2. The van der Waals surface area contributed by atoms with Gasteiger partial charge in [0, 0.05) is 4.47 Å². The quantitative estimate of drug-likeness (QED) is 0.851. The summed E-state index contributed by atoms with van der Waals surface area (Å²) in [6.45, 7) is 3.65. The van der Waals surface area contributed by atoms with E-state index in [1.807, 2.05) is 13.8 Å². The molecule has 0 heterocycles. The first kappa shape index (κ1) is 16.0. The number of carbonyl (C=O) groups is 2. The molecule has 104 valence electrons. The van der Waals surface area contributed by atoms with Crippen LogP contribution in [-0.2, 0) is 9.53 Å². The first-order valence-corrected chi connectivity index (χ1v) is 6.87. The number of hydrogen-bond donors (Lipinski definition) is 1. The monoisotopic (exact) mass is 347 g/mol. The number of ether oxygens (including phenoxy) is 1. The minimum Gasteiger partial charge on any atom is -0.467 e. The van der Waals surface area contributed by atoms with Crippen LogP contribution in [0, 0.1) is 5.92 Å². The van der Waals surface area contributed by atoms with Gasteiger partial charge in [-0.05, 0) is 24.1 Å². The maximum Gasteiger partial charge on any atom is 0.328 e. The molecule has 19 heavy (non-hydrogen) atoms. The van der Waals surface area contributed by atoms with Crippen molar-refractivity contribution in [3.05, 3.63) is 33.3 Å². The summed E-state index contributed by atoms with van der Waals surface area (Å²) in [6, 6.07) is 4.23. The predicted molar refractivity (Wildman–Crippen MR) is 77.3 cm³/mol. The van der Waals surface area contributed by atoms with Gasteiger partial charge in [-0.1, -0.05) is 41.4 Å². The van der Waals surface area contributed by atoms with Gasteiger partial charge in [-0.15, -0.1) is 0 Å². The number of benzene rings is 1. The van der Waals surface area contributed by atoms with Gasteiger partial charge in [0.15, 0.2) is 0 Å². The third-order valence-corrected chi connectivity index (χ3v) is 3.39. The lowest BCUT2D eigenvalue weighted by molar-refractivity contribution is -0.144. The SMILES string of the molecule is COC(=O)C(NC(=O)c1ccc(Br)cc1Cl)C(C)C. The molecule has 1 aromatic rings. The molecule has 0 bridgehead atoms. The third kappa shape index (κ3) is 4.21. The van der Waals surface area contributed by atoms with Gasteiger partial charge in [0.1, 0.15) is 6.04 Å². The Labute approximate surface area is 125 Å². The van der Waals surface area contributed by atoms with Gasteiger partial charge < -0.3 is 10.1 Å². The number of nitrogens with one attached hydrogen (secondary N) is 1. The van der Waals surface area contributed by atoms with Gasteiger partial charge in [0.2, 0.25) is 0 Å². The van der Waals surface area contributed by atoms with Crippen molar-refractivity contribution in [3.63, 3.8) is 0 Å². The van der Waals surface area contributed by atoms with Crippen LogP contribution in [0.1, 0.15) is 24.2 Å². The van der Waals surface area contributed by atoms with Crippen LogP contribution in [0.2, 0.25) is 5.02 Å². The van der Waals surface area contributed by atoms with Crippen LogP contribution >= 0.6 is 27.5 Å². The first-order chi connectivity index (χ1) is 8.86. The molecule has 6 heteroatoms. The van der Waals surface area contributed by atoms with Gasteiger partial charge >= 0.3 is 5.97 Å². The lowest BCUT2D eigenvalue weighted by Crippen LogP contribution is -2.45. The van der Waals surface area contributed by atoms with E-state index in [0.717, 1.165) is 4.47 Å². The molecule has 0 spiro atoms. The fourth-order valence-corrected chi connectivity index (χ4v) is 2.28. The molecule has 0 saturated heterocycles. The van der Waals surface area contributed by atoms with Crippen LogP contribution < -0.4 is 5.32 Å². The molecule has 1 rings (SSSR count). The number of rotatable bonds is 4. The molecular weight excluding hydrogens is 334 g/mol. The Hall–Kier alpha value is -1.07. The van der Waals surface area contributed by atoms with E-state index in [1.165, 1.54) is 7.11 Å². The molecule has 0 radical (unpaired) electrons. The highest BCUT2D eigenvalue weighted by Gasteiger charge is 2.26. The normalized spacial score (nSPS) is 12.1. The molecule has 1 atom stereocenters. The minimum atomic E-state index is -0.697. The molecule has 0 aliphatic heterocycles. The topological polar surface area (TPSA) is 55.4 Å². The van der Waals surface area contributed by atoms with Crippen LogP contribution in [0.5, 0.6) is 0 Å². The van der Waals surface area contributed by atoms with Gasteiger partial charge in [-0.2, -0.15) is 0 Å². The molecule has 0 aromatic heterocycles. The minimum absolute atomic E-state index is 0.0781. The van der Waals surface area contributed by atoms with E-state index < -0.39 is 17.9 Å². The first-order valence-electron chi connectivity index (χ1n) is 5.70. The second kappa shape index (κ2) is 6.91. The summed E-state index contributed by atoms with van der Waals surface area (Å²) >= 11 is 9.26. The summed E-state index contributed by atoms with van der Waals surface area (Å²) in [5, 5.41) is 2.95. The molecule has 0 aliphatic carbocycles. The van der Waals surface area contributed by atoms with E-state index in [0.29, 0.717) is 10.6 Å². The van der Waals surface area contributed by atoms with E-state index >= 15 is 0 Å². The maximum atomic E-state index is 12.1. The Bertz CT molecular complexity index is 491. The van der Waals surface area contributed by atoms with Gasteiger partial charge in [-0.25, -0.2) is 4.79 Å². The van der Waals surface area contributed by atoms with Crippen LogP contribution in [0.4, 0.5) is 0 Å². The molecule has 1 unspecified atom stereocenters. The van der Waals surface area contributed by atoms with Crippen molar-refractivity contribution in [1.29, 1.82) is 0 Å². The summed E-state index contributed by atoms with van der Waals surface area (Å²) in [6.07, 6.45) is 0. The van der Waals surface area contributed by atoms with E-state index in [1.54, 1.807) is 18.2 Å². The van der Waals surface area contributed by atoms with Crippen LogP contribution in [0.25, 0.3) is 0 Å². The zero-order chi connectivity index (χ0) is 14.6. The number of halogens is 2. The van der Waals surface area contributed by atoms with Crippen molar-refractivity contribution >= 4 is 39.4 Å². The summed E-state index contributed by atoms with van der Waals surface area (Å²) in [5.74, 6) is -0.955. The number of carbonyl (C=O) groups excluding carboxylic acids is 2. The van der Waals surface area contributed by atoms with Crippen molar-refractivity contribution in [3.8, 4) is 0 Å². The Balaban J connectivity index is 2.91. The molecule has 1 N–H and O–H groups in total. The molecule has 1 amide bonds. The average Bonchev–Trinajstić information content (AvgIpc) is 2.34. The Morgan fingerprint density at radius 1 is 1.37 bits per heavy atom. The fourth-order valence-electron chi connectivity index (χ4n) is 1.52. The van der Waals surface area contributed by atoms with Gasteiger partial charge in [0.25, 0.3) is 5.91 Å². The average molecular weight is 349 g/mol. The van der Waals surface area contributed by atoms with E-state index in [9.17, 15) is 9.59 Å². The third-order valence-electron chi connectivity index (χ3n) is 2.58. The molecule has 0 fully saturated rings. The molecule has 4 nitrogen and oxygen atoms in total. The number of amides is 1. The zero-order valence-electron chi connectivity index (χ0n) is 10.9. The fraction of sp³-hybridized carbons (Fsp3) is 0.385. The van der Waals surface area contributed by atoms with Crippen LogP contribution in [0.15, 0.2) is 22.7 Å². The van der Waals surface area contributed by atoms with Crippen molar-refractivity contribution < 1.29 is 14.3 Å². The largest absolute Gasteiger partial charge is 0.467 e. The number of methoxy groups -OCH3 is 1. The Morgan fingerprint density at radius 2 is 2.00 bits per heavy atom. The molecule has 0 aliphatic rings. The van der Waals surface area contributed by atoms with Crippen molar-refractivity contribution in [2.75, 3.05) is 7.11 Å². The van der Waals surface area contributed by atoms with Crippen molar-refractivity contribution in [2.24, 2.45) is 5.92 Å². The highest BCUT2D eigenvalue weighted by Crippen LogP contribution is 2.21. The van der Waals surface area contributed by atoms with Crippen molar-refractivity contribution in [1.82, 2.24) is 5.32 Å². The lowest BCUT2D eigenvalue weighted by atomic mass is 10.0. The smallest absolute Gasteiger partial charge is 0.328 e. The standard InChI is InChI=1S/C13H15BrClNO3/c1-7(2)11(13(18)19-3)16-12(17)9-5-4-8(14)6-10(9)15/h4-7,11H,1-3H3,(H,16,17). The second-order valence-corrected chi connectivity index (χ2v) is 5.67. The van der Waals surface area contributed by atoms with E-state index in [-0.39, 0.29) is 5.92 Å². The van der Waals surface area contributed by atoms with E-state index in [4.69, 9.17) is 11.6 Å². The highest BCUT2D eigenvalue weighted by molar-refractivity contribution is 9.10. The van der Waals surface area contributed by atoms with Crippen molar-refractivity contribution in [2.45, 2.75) is 19.9 Å². The highest BCUT2D eigenvalue weighted by atomic mass is 79.9. The Kier molecular flexibility index (Phi) is 5.82. The summed E-state index contributed by atoms with van der Waals surface area (Å²) in [5.41, 5.74) is 0.319. The second-order valence-electron chi connectivity index (χ2n) is 4.34. The van der Waals surface area contributed by atoms with Crippen LogP contribution in [0.3, 0.4) is 0 Å². The molecule has 0 saturated carbocycles. The maximum absolute atomic E-state index is 12.1. The summed E-state index contributed by atoms with van der Waals surface area (Å²) in [4.78, 5) is 23.7. The van der Waals surface area contributed by atoms with Gasteiger partial charge in [0.05, 0.1) is 17.7 Å². The summed E-state index contributed by atoms with van der Waals surface area (Å²) in [7, 11) is 1.29. The Morgan fingerprint density at radius 3 is 2.47 bits per heavy atom. The van der Waals surface area contributed by atoms with Gasteiger partial charge in [-0.3, -0.25) is 4.79 Å². The molecular formula is C13H15BrClNO3. The number of hydrogen-bond acceptors (Lipinski definition) is 3. The van der Waals surface area contributed by atoms with Crippen LogP contribution in [-0.4, -0.2) is 25.0 Å². The van der Waals surface area contributed by atoms with E-state index in [2.05, 4.69) is 26.0 Å². The summed E-state index contributed by atoms with van der Waals surface area (Å²) < 4.78 is 5.45. The predicted octanol–water partition coefficient (Wildman–Crippen LogP) is 3.03. The molecule has 1 aromatic carbocycles. The lowest BCUT2D eigenvalue weighted by Gasteiger charge is -2.20. The number of esters is 1.